The first kappa shape index (κ1) is 13.7. The zero-order valence-electron chi connectivity index (χ0n) is 10.9. The van der Waals surface area contributed by atoms with Gasteiger partial charge in [0.15, 0.2) is 11.5 Å². The first-order chi connectivity index (χ1) is 10.1. The molecule has 0 bridgehead atoms. The van der Waals surface area contributed by atoms with Crippen molar-refractivity contribution in [1.29, 1.82) is 0 Å². The zero-order chi connectivity index (χ0) is 14.9. The van der Waals surface area contributed by atoms with Crippen molar-refractivity contribution in [3.05, 3.63) is 48.0 Å². The Morgan fingerprint density at radius 3 is 2.48 bits per heavy atom. The van der Waals surface area contributed by atoms with Crippen LogP contribution in [0.2, 0.25) is 0 Å². The molecule has 1 aliphatic rings. The fraction of sp³-hybridized carbons (Fsp3) is 0.143. The molecular weight excluding hydrogens is 294 g/mol. The Balaban J connectivity index is 1.85. The first-order valence-electron chi connectivity index (χ1n) is 6.21. The van der Waals surface area contributed by atoms with Crippen molar-refractivity contribution in [1.82, 2.24) is 0 Å². The molecule has 3 rings (SSSR count). The first-order valence-corrected chi connectivity index (χ1v) is 7.69. The third-order valence-corrected chi connectivity index (χ3v) is 4.44. The lowest BCUT2D eigenvalue weighted by Crippen LogP contribution is -2.12. The standard InChI is InChI=1S/C14H13NO5S/c16-8-10-1-4-12(5-2-10)21(17,18)15-11-3-6-13-14(7-11)20-9-19-13/h1-7,15-16H,8-9H2. The number of benzene rings is 2. The SMILES string of the molecule is O=S(=O)(Nc1ccc2c(c1)OCO2)c1ccc(CO)cc1. The van der Waals surface area contributed by atoms with Crippen LogP contribution in [0.3, 0.4) is 0 Å². The lowest BCUT2D eigenvalue weighted by atomic mass is 10.2. The van der Waals surface area contributed by atoms with E-state index >= 15 is 0 Å². The molecule has 1 aliphatic heterocycles. The van der Waals surface area contributed by atoms with Gasteiger partial charge in [0.05, 0.1) is 17.2 Å². The van der Waals surface area contributed by atoms with E-state index < -0.39 is 10.0 Å². The van der Waals surface area contributed by atoms with E-state index in [1.165, 1.54) is 12.1 Å². The molecule has 21 heavy (non-hydrogen) atoms. The van der Waals surface area contributed by atoms with Gasteiger partial charge in [0.1, 0.15) is 0 Å². The molecule has 6 nitrogen and oxygen atoms in total. The minimum atomic E-state index is -3.68. The molecule has 110 valence electrons. The molecule has 2 aromatic rings. The molecule has 0 saturated carbocycles. The Hall–Kier alpha value is -2.25. The van der Waals surface area contributed by atoms with Crippen LogP contribution in [0.25, 0.3) is 0 Å². The van der Waals surface area contributed by atoms with Crippen LogP contribution in [0.5, 0.6) is 11.5 Å². The second-order valence-electron chi connectivity index (χ2n) is 4.48. The predicted molar refractivity (Wildman–Crippen MR) is 75.7 cm³/mol. The van der Waals surface area contributed by atoms with Crippen LogP contribution in [-0.4, -0.2) is 20.3 Å². The lowest BCUT2D eigenvalue weighted by molar-refractivity contribution is 0.174. The number of fused-ring (bicyclic) bond motifs is 1. The molecule has 0 amide bonds. The van der Waals surface area contributed by atoms with E-state index in [4.69, 9.17) is 14.6 Å². The van der Waals surface area contributed by atoms with E-state index in [9.17, 15) is 8.42 Å². The number of hydrogen-bond donors (Lipinski definition) is 2. The molecule has 0 unspecified atom stereocenters. The van der Waals surface area contributed by atoms with E-state index in [2.05, 4.69) is 4.72 Å². The van der Waals surface area contributed by atoms with Gasteiger partial charge >= 0.3 is 0 Å². The van der Waals surface area contributed by atoms with Crippen LogP contribution in [0.4, 0.5) is 5.69 Å². The smallest absolute Gasteiger partial charge is 0.261 e. The summed E-state index contributed by atoms with van der Waals surface area (Å²) in [6, 6.07) is 10.8. The van der Waals surface area contributed by atoms with Crippen LogP contribution >= 0.6 is 0 Å². The lowest BCUT2D eigenvalue weighted by Gasteiger charge is -2.09. The summed E-state index contributed by atoms with van der Waals surface area (Å²) in [7, 11) is -3.68. The number of aliphatic hydroxyl groups excluding tert-OH is 1. The highest BCUT2D eigenvalue weighted by Crippen LogP contribution is 2.34. The van der Waals surface area contributed by atoms with Gasteiger partial charge in [0.25, 0.3) is 10.0 Å². The van der Waals surface area contributed by atoms with Gasteiger partial charge < -0.3 is 14.6 Å². The maximum absolute atomic E-state index is 12.3. The van der Waals surface area contributed by atoms with Crippen molar-refractivity contribution in [3.63, 3.8) is 0 Å². The van der Waals surface area contributed by atoms with Gasteiger partial charge in [-0.3, -0.25) is 4.72 Å². The Morgan fingerprint density at radius 2 is 1.76 bits per heavy atom. The van der Waals surface area contributed by atoms with Crippen LogP contribution in [-0.2, 0) is 16.6 Å². The fourth-order valence-corrected chi connectivity index (χ4v) is 3.00. The molecule has 2 aromatic carbocycles. The number of aliphatic hydroxyl groups is 1. The van der Waals surface area contributed by atoms with Crippen molar-refractivity contribution in [2.24, 2.45) is 0 Å². The van der Waals surface area contributed by atoms with Gasteiger partial charge in [-0.05, 0) is 29.8 Å². The molecule has 0 aromatic heterocycles. The molecule has 1 heterocycles. The Labute approximate surface area is 122 Å². The highest BCUT2D eigenvalue weighted by atomic mass is 32.2. The number of anilines is 1. The van der Waals surface area contributed by atoms with Gasteiger partial charge in [-0.2, -0.15) is 0 Å². The fourth-order valence-electron chi connectivity index (χ4n) is 1.95. The van der Waals surface area contributed by atoms with Crippen molar-refractivity contribution < 1.29 is 23.0 Å². The van der Waals surface area contributed by atoms with Crippen LogP contribution in [0.1, 0.15) is 5.56 Å². The summed E-state index contributed by atoms with van der Waals surface area (Å²) in [5, 5.41) is 8.97. The monoisotopic (exact) mass is 307 g/mol. The van der Waals surface area contributed by atoms with E-state index in [0.717, 1.165) is 0 Å². The number of sulfonamides is 1. The van der Waals surface area contributed by atoms with Crippen LogP contribution in [0.15, 0.2) is 47.4 Å². The largest absolute Gasteiger partial charge is 0.454 e. The van der Waals surface area contributed by atoms with Gasteiger partial charge in [-0.25, -0.2) is 8.42 Å². The normalized spacial score (nSPS) is 13.2. The maximum atomic E-state index is 12.3. The van der Waals surface area contributed by atoms with E-state index in [1.54, 1.807) is 30.3 Å². The number of ether oxygens (including phenoxy) is 2. The van der Waals surface area contributed by atoms with Crippen LogP contribution < -0.4 is 14.2 Å². The highest BCUT2D eigenvalue weighted by molar-refractivity contribution is 7.92. The van der Waals surface area contributed by atoms with E-state index in [1.807, 2.05) is 0 Å². The van der Waals surface area contributed by atoms with Gasteiger partial charge in [0, 0.05) is 6.07 Å². The van der Waals surface area contributed by atoms with E-state index in [-0.39, 0.29) is 18.3 Å². The Kier molecular flexibility index (Phi) is 3.44. The van der Waals surface area contributed by atoms with Crippen LogP contribution in [0, 0.1) is 0 Å². The second kappa shape index (κ2) is 5.27. The molecule has 2 N–H and O–H groups in total. The molecular formula is C14H13NO5S. The van der Waals surface area contributed by atoms with Crippen molar-refractivity contribution in [2.45, 2.75) is 11.5 Å². The molecule has 0 spiro atoms. The highest BCUT2D eigenvalue weighted by Gasteiger charge is 2.17. The molecule has 0 aliphatic carbocycles. The van der Waals surface area contributed by atoms with E-state index in [0.29, 0.717) is 22.7 Å². The summed E-state index contributed by atoms with van der Waals surface area (Å²) in [6.45, 7) is 0.00404. The van der Waals surface area contributed by atoms with Gasteiger partial charge in [-0.1, -0.05) is 12.1 Å². The van der Waals surface area contributed by atoms with Crippen molar-refractivity contribution >= 4 is 15.7 Å². The number of hydrogen-bond acceptors (Lipinski definition) is 5. The summed E-state index contributed by atoms with van der Waals surface area (Å²) >= 11 is 0. The van der Waals surface area contributed by atoms with Gasteiger partial charge in [0.2, 0.25) is 6.79 Å². The molecule has 0 atom stereocenters. The van der Waals surface area contributed by atoms with Crippen molar-refractivity contribution in [2.75, 3.05) is 11.5 Å². The minimum absolute atomic E-state index is 0.123. The Morgan fingerprint density at radius 1 is 1.05 bits per heavy atom. The predicted octanol–water partition coefficient (Wildman–Crippen LogP) is 1.71. The second-order valence-corrected chi connectivity index (χ2v) is 6.16. The molecule has 0 fully saturated rings. The third-order valence-electron chi connectivity index (χ3n) is 3.04. The van der Waals surface area contributed by atoms with Gasteiger partial charge in [-0.15, -0.1) is 0 Å². The third kappa shape index (κ3) is 2.79. The topological polar surface area (TPSA) is 84.9 Å². The molecule has 0 saturated heterocycles. The quantitative estimate of drug-likeness (QED) is 0.898. The number of rotatable bonds is 4. The average molecular weight is 307 g/mol. The summed E-state index contributed by atoms with van der Waals surface area (Å²) in [6.07, 6.45) is 0. The summed E-state index contributed by atoms with van der Waals surface area (Å²) in [4.78, 5) is 0.123. The zero-order valence-corrected chi connectivity index (χ0v) is 11.8. The number of nitrogens with one attached hydrogen (secondary N) is 1. The summed E-state index contributed by atoms with van der Waals surface area (Å²) in [5.41, 5.74) is 1.04. The maximum Gasteiger partial charge on any atom is 0.261 e. The Bertz CT molecular complexity index is 755. The minimum Gasteiger partial charge on any atom is -0.454 e. The summed E-state index contributed by atoms with van der Waals surface area (Å²) < 4.78 is 37.4. The molecule has 0 radical (unpaired) electrons. The average Bonchev–Trinajstić information content (AvgIpc) is 2.94. The molecule has 7 heteroatoms. The summed E-state index contributed by atoms with van der Waals surface area (Å²) in [5.74, 6) is 1.09. The van der Waals surface area contributed by atoms with Crippen molar-refractivity contribution in [3.8, 4) is 11.5 Å².